The first-order valence-corrected chi connectivity index (χ1v) is 12.9. The van der Waals surface area contributed by atoms with Crippen molar-refractivity contribution in [3.8, 4) is 33.4 Å². The van der Waals surface area contributed by atoms with Crippen LogP contribution in [0.5, 0.6) is 23.0 Å². The van der Waals surface area contributed by atoms with E-state index in [2.05, 4.69) is 23.1 Å². The Balaban J connectivity index is 1.28. The lowest BCUT2D eigenvalue weighted by atomic mass is 10.1. The van der Waals surface area contributed by atoms with Crippen molar-refractivity contribution in [2.45, 2.75) is 17.7 Å². The SMILES string of the molecule is COc1cc(O)c(-c2cc3ccccc3s2)cc1Oc1ccc(SOCCN2CCCC2)cc1. The molecule has 0 amide bonds. The van der Waals surface area contributed by atoms with Crippen LogP contribution in [0.4, 0.5) is 0 Å². The lowest BCUT2D eigenvalue weighted by Gasteiger charge is -2.14. The predicted molar refractivity (Wildman–Crippen MR) is 139 cm³/mol. The van der Waals surface area contributed by atoms with Crippen LogP contribution in [0.15, 0.2) is 71.6 Å². The molecule has 176 valence electrons. The molecule has 0 spiro atoms. The molecule has 0 bridgehead atoms. The van der Waals surface area contributed by atoms with Crippen LogP contribution in [-0.4, -0.2) is 43.4 Å². The summed E-state index contributed by atoms with van der Waals surface area (Å²) in [6, 6.07) is 21.5. The fraction of sp³-hybridized carbons (Fsp3) is 0.259. The first kappa shape index (κ1) is 23.1. The van der Waals surface area contributed by atoms with Gasteiger partial charge in [-0.25, -0.2) is 0 Å². The smallest absolute Gasteiger partial charge is 0.170 e. The van der Waals surface area contributed by atoms with Gasteiger partial charge >= 0.3 is 0 Å². The highest BCUT2D eigenvalue weighted by atomic mass is 32.2. The fourth-order valence-electron chi connectivity index (χ4n) is 4.07. The number of benzene rings is 3. The van der Waals surface area contributed by atoms with Crippen molar-refractivity contribution >= 4 is 33.5 Å². The van der Waals surface area contributed by atoms with Gasteiger partial charge in [-0.3, -0.25) is 0 Å². The van der Waals surface area contributed by atoms with Crippen LogP contribution in [0.3, 0.4) is 0 Å². The van der Waals surface area contributed by atoms with Crippen molar-refractivity contribution in [2.75, 3.05) is 33.4 Å². The maximum atomic E-state index is 10.7. The maximum absolute atomic E-state index is 10.7. The number of likely N-dealkylation sites (tertiary alicyclic amines) is 1. The molecule has 4 aromatic rings. The van der Waals surface area contributed by atoms with Crippen LogP contribution in [0, 0.1) is 0 Å². The fourth-order valence-corrected chi connectivity index (χ4v) is 5.70. The molecule has 1 fully saturated rings. The molecule has 34 heavy (non-hydrogen) atoms. The minimum absolute atomic E-state index is 0.161. The van der Waals surface area contributed by atoms with Crippen molar-refractivity contribution in [3.63, 3.8) is 0 Å². The predicted octanol–water partition coefficient (Wildman–Crippen LogP) is 7.19. The van der Waals surface area contributed by atoms with E-state index in [-0.39, 0.29) is 5.75 Å². The summed E-state index contributed by atoms with van der Waals surface area (Å²) in [6.45, 7) is 4.07. The number of hydrogen-bond acceptors (Lipinski definition) is 7. The minimum atomic E-state index is 0.161. The van der Waals surface area contributed by atoms with Gasteiger partial charge in [0.25, 0.3) is 0 Å². The quantitative estimate of drug-likeness (QED) is 0.197. The van der Waals surface area contributed by atoms with Gasteiger partial charge in [-0.05, 0) is 73.8 Å². The minimum Gasteiger partial charge on any atom is -0.507 e. The second-order valence-electron chi connectivity index (χ2n) is 8.20. The van der Waals surface area contributed by atoms with Gasteiger partial charge in [0.05, 0.1) is 13.7 Å². The van der Waals surface area contributed by atoms with Gasteiger partial charge in [0, 0.05) is 44.7 Å². The maximum Gasteiger partial charge on any atom is 0.170 e. The van der Waals surface area contributed by atoms with Crippen LogP contribution >= 0.6 is 23.4 Å². The molecule has 0 atom stereocenters. The number of methoxy groups -OCH3 is 1. The van der Waals surface area contributed by atoms with Crippen molar-refractivity contribution < 1.29 is 18.8 Å². The Morgan fingerprint density at radius 3 is 2.53 bits per heavy atom. The Morgan fingerprint density at radius 2 is 1.76 bits per heavy atom. The Hall–Kier alpha value is -2.71. The molecule has 3 aromatic carbocycles. The van der Waals surface area contributed by atoms with E-state index in [9.17, 15) is 5.11 Å². The Labute approximate surface area is 208 Å². The number of fused-ring (bicyclic) bond motifs is 1. The third-order valence-corrected chi connectivity index (χ3v) is 7.77. The van der Waals surface area contributed by atoms with Crippen molar-refractivity contribution in [1.82, 2.24) is 4.90 Å². The summed E-state index contributed by atoms with van der Waals surface area (Å²) in [7, 11) is 1.57. The van der Waals surface area contributed by atoms with Crippen LogP contribution < -0.4 is 9.47 Å². The number of phenolic OH excluding ortho intramolecular Hbond substituents is 1. The zero-order valence-corrected chi connectivity index (χ0v) is 20.7. The van der Waals surface area contributed by atoms with Gasteiger partial charge in [0.15, 0.2) is 11.5 Å². The number of ether oxygens (including phenoxy) is 2. The molecule has 1 N–H and O–H groups in total. The number of hydrogen-bond donors (Lipinski definition) is 1. The van der Waals surface area contributed by atoms with E-state index in [1.807, 2.05) is 42.5 Å². The molecule has 0 unspecified atom stereocenters. The number of aromatic hydroxyl groups is 1. The van der Waals surface area contributed by atoms with Gasteiger partial charge in [0.2, 0.25) is 0 Å². The average Bonchev–Trinajstić information content (AvgIpc) is 3.53. The lowest BCUT2D eigenvalue weighted by molar-refractivity contribution is 0.261. The highest BCUT2D eigenvalue weighted by Gasteiger charge is 2.16. The molecule has 1 aliphatic heterocycles. The third-order valence-electron chi connectivity index (χ3n) is 5.87. The molecule has 0 aliphatic carbocycles. The normalized spacial score (nSPS) is 14.0. The Kier molecular flexibility index (Phi) is 7.25. The van der Waals surface area contributed by atoms with E-state index >= 15 is 0 Å². The molecule has 5 rings (SSSR count). The van der Waals surface area contributed by atoms with Crippen LogP contribution in [0.2, 0.25) is 0 Å². The summed E-state index contributed by atoms with van der Waals surface area (Å²) in [6.07, 6.45) is 2.60. The zero-order valence-electron chi connectivity index (χ0n) is 19.0. The molecule has 1 aliphatic rings. The number of phenols is 1. The molecular formula is C27H27NO4S2. The number of thiophene rings is 1. The summed E-state index contributed by atoms with van der Waals surface area (Å²) in [5.41, 5.74) is 0.718. The average molecular weight is 494 g/mol. The van der Waals surface area contributed by atoms with E-state index in [4.69, 9.17) is 13.7 Å². The van der Waals surface area contributed by atoms with Gasteiger partial charge in [0.1, 0.15) is 11.5 Å². The van der Waals surface area contributed by atoms with E-state index in [1.54, 1.807) is 24.5 Å². The van der Waals surface area contributed by atoms with E-state index < -0.39 is 0 Å². The molecular weight excluding hydrogens is 466 g/mol. The van der Waals surface area contributed by atoms with Gasteiger partial charge in [-0.2, -0.15) is 0 Å². The Bertz CT molecular complexity index is 1220. The second-order valence-corrected chi connectivity index (χ2v) is 10.2. The van der Waals surface area contributed by atoms with Crippen LogP contribution in [0.25, 0.3) is 20.5 Å². The van der Waals surface area contributed by atoms with Crippen LogP contribution in [0.1, 0.15) is 12.8 Å². The molecule has 0 saturated carbocycles. The summed E-state index contributed by atoms with van der Waals surface area (Å²) < 4.78 is 18.6. The lowest BCUT2D eigenvalue weighted by Crippen LogP contribution is -2.23. The monoisotopic (exact) mass is 493 g/mol. The number of nitrogens with zero attached hydrogens (tertiary/aromatic N) is 1. The third kappa shape index (κ3) is 5.33. The number of rotatable bonds is 9. The molecule has 5 nitrogen and oxygen atoms in total. The highest BCUT2D eigenvalue weighted by Crippen LogP contribution is 2.44. The highest BCUT2D eigenvalue weighted by molar-refractivity contribution is 7.94. The topological polar surface area (TPSA) is 51.2 Å². The molecule has 7 heteroatoms. The zero-order chi connectivity index (χ0) is 23.3. The second kappa shape index (κ2) is 10.7. The summed E-state index contributed by atoms with van der Waals surface area (Å²) in [5, 5.41) is 11.8. The first-order valence-electron chi connectivity index (χ1n) is 11.4. The summed E-state index contributed by atoms with van der Waals surface area (Å²) >= 11 is 3.03. The summed E-state index contributed by atoms with van der Waals surface area (Å²) in [4.78, 5) is 4.44. The van der Waals surface area contributed by atoms with E-state index in [0.717, 1.165) is 27.3 Å². The largest absolute Gasteiger partial charge is 0.507 e. The van der Waals surface area contributed by atoms with Crippen molar-refractivity contribution in [2.24, 2.45) is 0 Å². The molecule has 1 saturated heterocycles. The van der Waals surface area contributed by atoms with Crippen LogP contribution in [-0.2, 0) is 4.18 Å². The first-order chi connectivity index (χ1) is 16.7. The molecule has 0 radical (unpaired) electrons. The molecule has 2 heterocycles. The van der Waals surface area contributed by atoms with Gasteiger partial charge < -0.3 is 23.7 Å². The van der Waals surface area contributed by atoms with Crippen molar-refractivity contribution in [3.05, 3.63) is 66.7 Å². The Morgan fingerprint density at radius 1 is 0.971 bits per heavy atom. The van der Waals surface area contributed by atoms with E-state index in [0.29, 0.717) is 23.9 Å². The van der Waals surface area contributed by atoms with E-state index in [1.165, 1.54) is 42.7 Å². The van der Waals surface area contributed by atoms with Crippen molar-refractivity contribution in [1.29, 1.82) is 0 Å². The molecule has 1 aromatic heterocycles. The standard InChI is InChI=1S/C27H27NO4S2/c1-30-24-18-23(29)22(27-16-19-6-2-3-7-26(19)33-27)17-25(24)32-20-8-10-21(11-9-20)34-31-15-14-28-12-4-5-13-28/h2-3,6-11,16-18,29H,4-5,12-15H2,1H3. The van der Waals surface area contributed by atoms with Gasteiger partial charge in [-0.15, -0.1) is 11.3 Å². The van der Waals surface area contributed by atoms with Gasteiger partial charge in [-0.1, -0.05) is 18.2 Å². The summed E-state index contributed by atoms with van der Waals surface area (Å²) in [5.74, 6) is 1.88.